The Morgan fingerprint density at radius 2 is 2.00 bits per heavy atom. The highest BCUT2D eigenvalue weighted by molar-refractivity contribution is 6.08. The Hall–Kier alpha value is -4.97. The maximum absolute atomic E-state index is 15.0. The van der Waals surface area contributed by atoms with Crippen LogP contribution < -0.4 is 15.0 Å². The van der Waals surface area contributed by atoms with Crippen molar-refractivity contribution in [3.05, 3.63) is 78.8 Å². The third kappa shape index (κ3) is 4.92. The number of fused-ring (bicyclic) bond motifs is 2. The van der Waals surface area contributed by atoms with E-state index in [9.17, 15) is 4.79 Å². The molecular formula is C28H26FN9O2. The summed E-state index contributed by atoms with van der Waals surface area (Å²) in [6.45, 7) is 3.25. The van der Waals surface area contributed by atoms with Gasteiger partial charge in [0, 0.05) is 48.6 Å². The van der Waals surface area contributed by atoms with E-state index < -0.39 is 5.82 Å². The summed E-state index contributed by atoms with van der Waals surface area (Å²) in [4.78, 5) is 34.4. The molecule has 6 rings (SSSR count). The number of carbonyl (C=O) groups is 1. The smallest absolute Gasteiger partial charge is 0.255 e. The largest absolute Gasteiger partial charge is 0.454 e. The van der Waals surface area contributed by atoms with Crippen LogP contribution in [-0.2, 0) is 4.79 Å². The van der Waals surface area contributed by atoms with Crippen molar-refractivity contribution >= 4 is 39.9 Å². The minimum Gasteiger partial charge on any atom is -0.454 e. The number of aromatic nitrogens is 6. The van der Waals surface area contributed by atoms with Crippen LogP contribution in [0.25, 0.3) is 16.7 Å². The van der Waals surface area contributed by atoms with Crippen molar-refractivity contribution in [2.45, 2.75) is 6.92 Å². The third-order valence-electron chi connectivity index (χ3n) is 6.57. The van der Waals surface area contributed by atoms with Crippen LogP contribution in [0, 0.1) is 11.7 Å². The number of benzene rings is 1. The summed E-state index contributed by atoms with van der Waals surface area (Å²) in [7, 11) is 3.93. The monoisotopic (exact) mass is 539 g/mol. The Morgan fingerprint density at radius 1 is 1.12 bits per heavy atom. The number of ether oxygens (including phenoxy) is 1. The molecular weight excluding hydrogens is 513 g/mol. The number of rotatable bonds is 7. The Balaban J connectivity index is 1.24. The van der Waals surface area contributed by atoms with Crippen LogP contribution in [0.4, 0.5) is 21.7 Å². The van der Waals surface area contributed by atoms with Gasteiger partial charge in [-0.3, -0.25) is 9.69 Å². The predicted molar refractivity (Wildman–Crippen MR) is 148 cm³/mol. The molecule has 1 aromatic carbocycles. The van der Waals surface area contributed by atoms with Gasteiger partial charge >= 0.3 is 0 Å². The molecule has 0 aliphatic carbocycles. The number of hydrogen-bond donors (Lipinski definition) is 1. The molecule has 11 nitrogen and oxygen atoms in total. The third-order valence-corrected chi connectivity index (χ3v) is 6.57. The molecule has 4 aromatic heterocycles. The van der Waals surface area contributed by atoms with Gasteiger partial charge in [0.25, 0.3) is 5.91 Å². The SMILES string of the molecule is CC1CN(c2ccc3ncnc(Nc4ccc(Oc5ccn6ncnc6c5)c(F)c4)c3n2)C(=O)/C1=C/CN(C)C. The van der Waals surface area contributed by atoms with Crippen LogP contribution in [0.1, 0.15) is 6.92 Å². The zero-order valence-electron chi connectivity index (χ0n) is 22.1. The van der Waals surface area contributed by atoms with Gasteiger partial charge in [0.15, 0.2) is 23.0 Å². The molecule has 5 heterocycles. The first-order valence-corrected chi connectivity index (χ1v) is 12.7. The quantitative estimate of drug-likeness (QED) is 0.304. The standard InChI is InChI=1S/C28H26FN9O2/c1-17-14-37(28(39)20(17)9-10-36(2)3)24-7-5-22-26(35-24)27(32-15-30-22)34-18-4-6-23(21(29)12-18)40-19-8-11-38-25(13-19)31-16-33-38/h4-9,11-13,15-17H,10,14H2,1-3H3,(H,30,32,34)/b20-9+. The van der Waals surface area contributed by atoms with Crippen LogP contribution >= 0.6 is 0 Å². The lowest BCUT2D eigenvalue weighted by atomic mass is 10.0. The molecule has 40 heavy (non-hydrogen) atoms. The van der Waals surface area contributed by atoms with Crippen molar-refractivity contribution in [1.29, 1.82) is 0 Å². The van der Waals surface area contributed by atoms with Crippen molar-refractivity contribution in [2.24, 2.45) is 5.92 Å². The lowest BCUT2D eigenvalue weighted by Gasteiger charge is -2.16. The lowest BCUT2D eigenvalue weighted by molar-refractivity contribution is -0.114. The molecule has 1 N–H and O–H groups in total. The second kappa shape index (κ2) is 10.3. The van der Waals surface area contributed by atoms with Crippen LogP contribution in [0.3, 0.4) is 0 Å². The Kier molecular flexibility index (Phi) is 6.52. The number of nitrogens with one attached hydrogen (secondary N) is 1. The second-order valence-electron chi connectivity index (χ2n) is 9.80. The molecule has 1 aliphatic heterocycles. The van der Waals surface area contributed by atoms with Crippen LogP contribution in [-0.4, -0.2) is 67.5 Å². The van der Waals surface area contributed by atoms with E-state index in [2.05, 4.69) is 25.4 Å². The highest BCUT2D eigenvalue weighted by Crippen LogP contribution is 2.32. The van der Waals surface area contributed by atoms with Gasteiger partial charge < -0.3 is 15.0 Å². The number of likely N-dealkylation sites (N-methyl/N-ethyl adjacent to an activating group) is 1. The van der Waals surface area contributed by atoms with E-state index >= 15 is 4.39 Å². The summed E-state index contributed by atoms with van der Waals surface area (Å²) in [5, 5.41) is 7.17. The molecule has 1 atom stereocenters. The van der Waals surface area contributed by atoms with E-state index in [1.54, 1.807) is 45.9 Å². The summed E-state index contributed by atoms with van der Waals surface area (Å²) >= 11 is 0. The molecule has 1 amide bonds. The number of nitrogens with zero attached hydrogens (tertiary/aromatic N) is 8. The molecule has 0 bridgehead atoms. The zero-order valence-corrected chi connectivity index (χ0v) is 22.1. The van der Waals surface area contributed by atoms with Gasteiger partial charge in [0.2, 0.25) is 0 Å². The number of carbonyl (C=O) groups excluding carboxylic acids is 1. The number of anilines is 3. The molecule has 1 saturated heterocycles. The summed E-state index contributed by atoms with van der Waals surface area (Å²) in [5.41, 5.74) is 2.87. The topological polar surface area (TPSA) is 114 Å². The highest BCUT2D eigenvalue weighted by atomic mass is 19.1. The van der Waals surface area contributed by atoms with Crippen molar-refractivity contribution in [1.82, 2.24) is 34.4 Å². The molecule has 202 valence electrons. The van der Waals surface area contributed by atoms with Crippen molar-refractivity contribution in [2.75, 3.05) is 37.4 Å². The van der Waals surface area contributed by atoms with Gasteiger partial charge in [-0.1, -0.05) is 13.0 Å². The molecule has 1 aliphatic rings. The van der Waals surface area contributed by atoms with Crippen LogP contribution in [0.2, 0.25) is 0 Å². The Labute approximate surface area is 229 Å². The second-order valence-corrected chi connectivity index (χ2v) is 9.80. The minimum atomic E-state index is -0.563. The number of pyridine rings is 2. The first-order valence-electron chi connectivity index (χ1n) is 12.7. The van der Waals surface area contributed by atoms with Crippen molar-refractivity contribution < 1.29 is 13.9 Å². The number of amides is 1. The normalized spacial score (nSPS) is 16.5. The molecule has 0 spiro atoms. The van der Waals surface area contributed by atoms with E-state index in [-0.39, 0.29) is 17.6 Å². The van der Waals surface area contributed by atoms with E-state index in [0.29, 0.717) is 52.8 Å². The fraction of sp³-hybridized carbons (Fsp3) is 0.214. The summed E-state index contributed by atoms with van der Waals surface area (Å²) < 4.78 is 22.3. The van der Waals surface area contributed by atoms with Crippen LogP contribution in [0.5, 0.6) is 11.5 Å². The average molecular weight is 540 g/mol. The fourth-order valence-corrected chi connectivity index (χ4v) is 4.55. The van der Waals surface area contributed by atoms with E-state index in [4.69, 9.17) is 9.72 Å². The maximum Gasteiger partial charge on any atom is 0.255 e. The molecule has 0 radical (unpaired) electrons. The summed E-state index contributed by atoms with van der Waals surface area (Å²) in [6, 6.07) is 11.4. The van der Waals surface area contributed by atoms with Gasteiger partial charge in [-0.25, -0.2) is 28.8 Å². The molecule has 5 aromatic rings. The fourth-order valence-electron chi connectivity index (χ4n) is 4.55. The first-order chi connectivity index (χ1) is 19.4. The van der Waals surface area contributed by atoms with E-state index in [1.165, 1.54) is 24.8 Å². The molecule has 0 saturated carbocycles. The van der Waals surface area contributed by atoms with Crippen LogP contribution in [0.15, 0.2) is 73.0 Å². The highest BCUT2D eigenvalue weighted by Gasteiger charge is 2.34. The van der Waals surface area contributed by atoms with Crippen molar-refractivity contribution in [3.63, 3.8) is 0 Å². The van der Waals surface area contributed by atoms with Crippen molar-refractivity contribution in [3.8, 4) is 11.5 Å². The number of halogens is 1. The maximum atomic E-state index is 15.0. The van der Waals surface area contributed by atoms with E-state index in [0.717, 1.165) is 5.57 Å². The van der Waals surface area contributed by atoms with Gasteiger partial charge in [-0.05, 0) is 44.4 Å². The van der Waals surface area contributed by atoms with E-state index in [1.807, 2.05) is 32.0 Å². The molecule has 12 heteroatoms. The van der Waals surface area contributed by atoms with Gasteiger partial charge in [0.05, 0.1) is 5.52 Å². The average Bonchev–Trinajstić information content (AvgIpc) is 3.52. The summed E-state index contributed by atoms with van der Waals surface area (Å²) in [6.07, 6.45) is 6.49. The molecule has 1 unspecified atom stereocenters. The Bertz CT molecular complexity index is 1770. The Morgan fingerprint density at radius 3 is 2.83 bits per heavy atom. The predicted octanol–water partition coefficient (Wildman–Crippen LogP) is 4.21. The van der Waals surface area contributed by atoms with Gasteiger partial charge in [0.1, 0.15) is 29.7 Å². The lowest BCUT2D eigenvalue weighted by Crippen LogP contribution is -2.26. The summed E-state index contributed by atoms with van der Waals surface area (Å²) in [5.74, 6) is 0.846. The number of hydrogen-bond acceptors (Lipinski definition) is 9. The van der Waals surface area contributed by atoms with Gasteiger partial charge in [-0.2, -0.15) is 5.10 Å². The van der Waals surface area contributed by atoms with Gasteiger partial charge in [-0.15, -0.1) is 0 Å². The molecule has 1 fully saturated rings. The first kappa shape index (κ1) is 25.3. The zero-order chi connectivity index (χ0) is 27.8. The minimum absolute atomic E-state index is 0.0576.